The third-order valence-corrected chi connectivity index (χ3v) is 5.05. The molecule has 2 aromatic carbocycles. The number of ether oxygens (including phenoxy) is 1. The zero-order chi connectivity index (χ0) is 21.0. The summed E-state index contributed by atoms with van der Waals surface area (Å²) >= 11 is 0.974. The molecule has 0 aliphatic rings. The number of carbonyl (C=O) groups is 2. The van der Waals surface area contributed by atoms with Crippen molar-refractivity contribution in [3.8, 4) is 0 Å². The molecule has 9 heteroatoms. The molecule has 0 aliphatic carbocycles. The van der Waals surface area contributed by atoms with E-state index in [0.717, 1.165) is 17.3 Å². The van der Waals surface area contributed by atoms with Gasteiger partial charge in [0.2, 0.25) is 5.91 Å². The maximum absolute atomic E-state index is 13.9. The van der Waals surface area contributed by atoms with Crippen LogP contribution in [0, 0.1) is 12.7 Å². The van der Waals surface area contributed by atoms with Gasteiger partial charge in [0.1, 0.15) is 12.4 Å². The van der Waals surface area contributed by atoms with Crippen molar-refractivity contribution in [2.24, 2.45) is 0 Å². The Labute approximate surface area is 169 Å². The van der Waals surface area contributed by atoms with Crippen LogP contribution in [0.3, 0.4) is 0 Å². The average molecular weight is 415 g/mol. The molecule has 3 rings (SSSR count). The van der Waals surface area contributed by atoms with Gasteiger partial charge in [-0.15, -0.1) is 0 Å². The first-order chi connectivity index (χ1) is 13.9. The standard InChI is InChI=1S/C20H18FN3O4S/c1-12-7-8-16(14(21)9-12)22-17(25)11-29-20-23-15-6-4-3-5-13(15)19(27)24(20)10-18(26)28-2/h3-9H,10-11H2,1-2H3,(H,22,25). The number of nitrogens with one attached hydrogen (secondary N) is 1. The lowest BCUT2D eigenvalue weighted by Crippen LogP contribution is -2.28. The van der Waals surface area contributed by atoms with Crippen LogP contribution in [0.5, 0.6) is 0 Å². The summed E-state index contributed by atoms with van der Waals surface area (Å²) in [6.45, 7) is 1.42. The summed E-state index contributed by atoms with van der Waals surface area (Å²) in [4.78, 5) is 41.1. The number of aromatic nitrogens is 2. The second kappa shape index (κ2) is 8.87. The number of amides is 1. The van der Waals surface area contributed by atoms with E-state index in [1.165, 1.54) is 23.8 Å². The number of halogens is 1. The van der Waals surface area contributed by atoms with Gasteiger partial charge in [0.15, 0.2) is 5.16 Å². The lowest BCUT2D eigenvalue weighted by atomic mass is 10.2. The number of benzene rings is 2. The molecule has 1 N–H and O–H groups in total. The maximum atomic E-state index is 13.9. The Balaban J connectivity index is 1.84. The summed E-state index contributed by atoms with van der Waals surface area (Å²) in [5.41, 5.74) is 0.848. The predicted octanol–water partition coefficient (Wildman–Crippen LogP) is 2.75. The molecule has 0 saturated heterocycles. The molecule has 150 valence electrons. The number of rotatable bonds is 6. The van der Waals surface area contributed by atoms with Crippen molar-refractivity contribution in [2.45, 2.75) is 18.6 Å². The van der Waals surface area contributed by atoms with Crippen LogP contribution in [0.1, 0.15) is 5.56 Å². The highest BCUT2D eigenvalue weighted by Gasteiger charge is 2.16. The number of esters is 1. The average Bonchev–Trinajstić information content (AvgIpc) is 2.70. The molecule has 1 amide bonds. The third kappa shape index (κ3) is 4.80. The van der Waals surface area contributed by atoms with Crippen LogP contribution >= 0.6 is 11.8 Å². The van der Waals surface area contributed by atoms with E-state index in [2.05, 4.69) is 15.0 Å². The van der Waals surface area contributed by atoms with Gasteiger partial charge in [-0.2, -0.15) is 0 Å². The normalized spacial score (nSPS) is 10.7. The zero-order valence-corrected chi connectivity index (χ0v) is 16.6. The number of carbonyl (C=O) groups excluding carboxylic acids is 2. The molecule has 7 nitrogen and oxygen atoms in total. The number of fused-ring (bicyclic) bond motifs is 1. The number of aryl methyl sites for hydroxylation is 1. The van der Waals surface area contributed by atoms with Gasteiger partial charge in [0.25, 0.3) is 5.56 Å². The van der Waals surface area contributed by atoms with Gasteiger partial charge in [0.05, 0.1) is 29.5 Å². The molecule has 0 unspecified atom stereocenters. The van der Waals surface area contributed by atoms with Crippen LogP contribution in [0.4, 0.5) is 10.1 Å². The van der Waals surface area contributed by atoms with Gasteiger partial charge in [-0.05, 0) is 36.8 Å². The van der Waals surface area contributed by atoms with E-state index < -0.39 is 23.3 Å². The quantitative estimate of drug-likeness (QED) is 0.378. The molecule has 0 radical (unpaired) electrons. The van der Waals surface area contributed by atoms with E-state index in [0.29, 0.717) is 10.9 Å². The van der Waals surface area contributed by atoms with E-state index in [9.17, 15) is 18.8 Å². The molecule has 0 spiro atoms. The van der Waals surface area contributed by atoms with Crippen LogP contribution in [-0.4, -0.2) is 34.3 Å². The predicted molar refractivity (Wildman–Crippen MR) is 109 cm³/mol. The topological polar surface area (TPSA) is 90.3 Å². The maximum Gasteiger partial charge on any atom is 0.325 e. The number of hydrogen-bond acceptors (Lipinski definition) is 6. The molecule has 0 saturated carbocycles. The van der Waals surface area contributed by atoms with Crippen LogP contribution in [0.25, 0.3) is 10.9 Å². The lowest BCUT2D eigenvalue weighted by molar-refractivity contribution is -0.141. The fraction of sp³-hybridized carbons (Fsp3) is 0.200. The van der Waals surface area contributed by atoms with Crippen molar-refractivity contribution in [3.63, 3.8) is 0 Å². The Morgan fingerprint density at radius 1 is 1.24 bits per heavy atom. The number of hydrogen-bond donors (Lipinski definition) is 1. The first-order valence-electron chi connectivity index (χ1n) is 8.64. The summed E-state index contributed by atoms with van der Waals surface area (Å²) in [7, 11) is 1.22. The SMILES string of the molecule is COC(=O)Cn1c(SCC(=O)Nc2ccc(C)cc2F)nc2ccccc2c1=O. The minimum Gasteiger partial charge on any atom is -0.468 e. The van der Waals surface area contributed by atoms with Crippen molar-refractivity contribution in [1.29, 1.82) is 0 Å². The Morgan fingerprint density at radius 2 is 2.00 bits per heavy atom. The first kappa shape index (κ1) is 20.5. The number of anilines is 1. The molecule has 0 fully saturated rings. The Bertz CT molecular complexity index is 1150. The van der Waals surface area contributed by atoms with Gasteiger partial charge in [-0.1, -0.05) is 30.0 Å². The molecule has 1 aromatic heterocycles. The van der Waals surface area contributed by atoms with Crippen LogP contribution in [0.2, 0.25) is 0 Å². The summed E-state index contributed by atoms with van der Waals surface area (Å²) in [5, 5.41) is 3.04. The van der Waals surface area contributed by atoms with E-state index in [4.69, 9.17) is 0 Å². The summed E-state index contributed by atoms with van der Waals surface area (Å²) in [6, 6.07) is 11.2. The number of thioether (sulfide) groups is 1. The van der Waals surface area contributed by atoms with Crippen molar-refractivity contribution < 1.29 is 18.7 Å². The van der Waals surface area contributed by atoms with Crippen molar-refractivity contribution >= 4 is 40.2 Å². The highest BCUT2D eigenvalue weighted by Crippen LogP contribution is 2.20. The van der Waals surface area contributed by atoms with Gasteiger partial charge >= 0.3 is 5.97 Å². The third-order valence-electron chi connectivity index (χ3n) is 4.07. The van der Waals surface area contributed by atoms with Crippen LogP contribution in [0.15, 0.2) is 52.4 Å². The second-order valence-corrected chi connectivity index (χ2v) is 7.14. The molecule has 1 heterocycles. The number of methoxy groups -OCH3 is 1. The highest BCUT2D eigenvalue weighted by atomic mass is 32.2. The Kier molecular flexibility index (Phi) is 6.28. The zero-order valence-electron chi connectivity index (χ0n) is 15.8. The molecular formula is C20H18FN3O4S. The van der Waals surface area contributed by atoms with E-state index in [-0.39, 0.29) is 23.1 Å². The Hall–Kier alpha value is -3.20. The van der Waals surface area contributed by atoms with Crippen LogP contribution in [-0.2, 0) is 20.9 Å². The lowest BCUT2D eigenvalue weighted by Gasteiger charge is -2.12. The number of para-hydroxylation sites is 1. The van der Waals surface area contributed by atoms with Crippen molar-refractivity contribution in [3.05, 3.63) is 64.2 Å². The molecule has 0 atom stereocenters. The van der Waals surface area contributed by atoms with E-state index in [1.54, 1.807) is 37.3 Å². The first-order valence-corrected chi connectivity index (χ1v) is 9.63. The molecule has 29 heavy (non-hydrogen) atoms. The van der Waals surface area contributed by atoms with Gasteiger partial charge in [-0.3, -0.25) is 19.0 Å². The highest BCUT2D eigenvalue weighted by molar-refractivity contribution is 7.99. The molecule has 0 aliphatic heterocycles. The summed E-state index contributed by atoms with van der Waals surface area (Å²) < 4.78 is 19.7. The van der Waals surface area contributed by atoms with Crippen LogP contribution < -0.4 is 10.9 Å². The Morgan fingerprint density at radius 3 is 2.72 bits per heavy atom. The van der Waals surface area contributed by atoms with Gasteiger partial charge in [0, 0.05) is 0 Å². The molecule has 3 aromatic rings. The largest absolute Gasteiger partial charge is 0.468 e. The molecule has 0 bridgehead atoms. The van der Waals surface area contributed by atoms with E-state index >= 15 is 0 Å². The van der Waals surface area contributed by atoms with Gasteiger partial charge < -0.3 is 10.1 Å². The van der Waals surface area contributed by atoms with E-state index in [1.807, 2.05) is 0 Å². The summed E-state index contributed by atoms with van der Waals surface area (Å²) in [5.74, 6) is -1.74. The van der Waals surface area contributed by atoms with Crippen molar-refractivity contribution in [1.82, 2.24) is 9.55 Å². The monoisotopic (exact) mass is 415 g/mol. The second-order valence-electron chi connectivity index (χ2n) is 6.20. The summed E-state index contributed by atoms with van der Waals surface area (Å²) in [6.07, 6.45) is 0. The minimum absolute atomic E-state index is 0.0691. The van der Waals surface area contributed by atoms with Crippen molar-refractivity contribution in [2.75, 3.05) is 18.2 Å². The minimum atomic E-state index is -0.614. The fourth-order valence-electron chi connectivity index (χ4n) is 2.63. The number of nitrogens with zero attached hydrogens (tertiary/aromatic N) is 2. The molecular weight excluding hydrogens is 397 g/mol. The smallest absolute Gasteiger partial charge is 0.325 e. The fourth-order valence-corrected chi connectivity index (χ4v) is 3.43. The van der Waals surface area contributed by atoms with Gasteiger partial charge in [-0.25, -0.2) is 9.37 Å².